The molecule has 6 heteroatoms. The Morgan fingerprint density at radius 3 is 3.24 bits per heavy atom. The third-order valence-electron chi connectivity index (χ3n) is 1.98. The molecule has 0 aliphatic carbocycles. The van der Waals surface area contributed by atoms with E-state index in [-0.39, 0.29) is 0 Å². The number of thiazole rings is 1. The molecule has 0 aromatic carbocycles. The molecule has 2 aromatic heterocycles. The molecule has 0 saturated heterocycles. The van der Waals surface area contributed by atoms with Gasteiger partial charge in [-0.1, -0.05) is 0 Å². The SMILES string of the molecule is CCOC(=O)c1csc(NCc2ccco2)n1. The highest BCUT2D eigenvalue weighted by atomic mass is 32.1. The van der Waals surface area contributed by atoms with E-state index in [2.05, 4.69) is 10.3 Å². The monoisotopic (exact) mass is 252 g/mol. The second kappa shape index (κ2) is 5.49. The molecule has 17 heavy (non-hydrogen) atoms. The normalized spacial score (nSPS) is 10.2. The molecule has 0 radical (unpaired) electrons. The summed E-state index contributed by atoms with van der Waals surface area (Å²) < 4.78 is 10.0. The molecule has 0 amide bonds. The van der Waals surface area contributed by atoms with Crippen LogP contribution in [0.3, 0.4) is 0 Å². The first kappa shape index (κ1) is 11.7. The molecule has 90 valence electrons. The number of furan rings is 1. The number of nitrogens with one attached hydrogen (secondary N) is 1. The highest BCUT2D eigenvalue weighted by Gasteiger charge is 2.11. The van der Waals surface area contributed by atoms with Gasteiger partial charge in [0.25, 0.3) is 0 Å². The number of carbonyl (C=O) groups is 1. The first-order chi connectivity index (χ1) is 8.29. The minimum atomic E-state index is -0.394. The zero-order chi connectivity index (χ0) is 12.1. The van der Waals surface area contributed by atoms with E-state index >= 15 is 0 Å². The maximum atomic E-state index is 11.4. The molecule has 0 aliphatic heterocycles. The highest BCUT2D eigenvalue weighted by molar-refractivity contribution is 7.13. The fourth-order valence-electron chi connectivity index (χ4n) is 1.23. The fraction of sp³-hybridized carbons (Fsp3) is 0.273. The summed E-state index contributed by atoms with van der Waals surface area (Å²) in [6, 6.07) is 3.69. The van der Waals surface area contributed by atoms with Crippen molar-refractivity contribution < 1.29 is 13.9 Å². The first-order valence-electron chi connectivity index (χ1n) is 5.18. The largest absolute Gasteiger partial charge is 0.467 e. The number of carbonyl (C=O) groups excluding carboxylic acids is 1. The molecule has 0 unspecified atom stereocenters. The van der Waals surface area contributed by atoms with Gasteiger partial charge in [0.15, 0.2) is 10.8 Å². The molecule has 2 aromatic rings. The van der Waals surface area contributed by atoms with Gasteiger partial charge in [-0.25, -0.2) is 9.78 Å². The number of esters is 1. The van der Waals surface area contributed by atoms with Gasteiger partial charge in [0.2, 0.25) is 0 Å². The van der Waals surface area contributed by atoms with E-state index in [9.17, 15) is 4.79 Å². The zero-order valence-electron chi connectivity index (χ0n) is 9.30. The van der Waals surface area contributed by atoms with Gasteiger partial charge in [0.1, 0.15) is 5.76 Å². The minimum Gasteiger partial charge on any atom is -0.467 e. The molecule has 5 nitrogen and oxygen atoms in total. The molecule has 1 N–H and O–H groups in total. The van der Waals surface area contributed by atoms with Crippen molar-refractivity contribution in [3.8, 4) is 0 Å². The summed E-state index contributed by atoms with van der Waals surface area (Å²) >= 11 is 1.36. The summed E-state index contributed by atoms with van der Waals surface area (Å²) in [6.45, 7) is 2.66. The first-order valence-corrected chi connectivity index (χ1v) is 6.06. The lowest BCUT2D eigenvalue weighted by Gasteiger charge is -1.98. The molecule has 0 bridgehead atoms. The summed E-state index contributed by atoms with van der Waals surface area (Å²) in [6.07, 6.45) is 1.61. The smallest absolute Gasteiger partial charge is 0.357 e. The van der Waals surface area contributed by atoms with E-state index in [1.165, 1.54) is 11.3 Å². The van der Waals surface area contributed by atoms with Crippen LogP contribution in [0.15, 0.2) is 28.2 Å². The average molecular weight is 252 g/mol. The molecule has 0 aliphatic rings. The van der Waals surface area contributed by atoms with Crippen LogP contribution < -0.4 is 5.32 Å². The van der Waals surface area contributed by atoms with Gasteiger partial charge >= 0.3 is 5.97 Å². The second-order valence-electron chi connectivity index (χ2n) is 3.19. The Bertz CT molecular complexity index is 479. The van der Waals surface area contributed by atoms with E-state index in [1.807, 2.05) is 12.1 Å². The van der Waals surface area contributed by atoms with Crippen molar-refractivity contribution in [2.45, 2.75) is 13.5 Å². The van der Waals surface area contributed by atoms with Gasteiger partial charge in [-0.05, 0) is 19.1 Å². The van der Waals surface area contributed by atoms with Gasteiger partial charge in [-0.15, -0.1) is 11.3 Å². The van der Waals surface area contributed by atoms with Crippen LogP contribution in [0.2, 0.25) is 0 Å². The van der Waals surface area contributed by atoms with Gasteiger partial charge in [-0.2, -0.15) is 0 Å². The number of rotatable bonds is 5. The number of ether oxygens (including phenoxy) is 1. The number of nitrogens with zero attached hydrogens (tertiary/aromatic N) is 1. The van der Waals surface area contributed by atoms with Gasteiger partial charge < -0.3 is 14.5 Å². The van der Waals surface area contributed by atoms with E-state index in [0.717, 1.165) is 5.76 Å². The predicted octanol–water partition coefficient (Wildman–Crippen LogP) is 2.52. The number of aromatic nitrogens is 1. The number of anilines is 1. The predicted molar refractivity (Wildman–Crippen MR) is 64.1 cm³/mol. The van der Waals surface area contributed by atoms with Gasteiger partial charge in [0.05, 0.1) is 19.4 Å². The van der Waals surface area contributed by atoms with Gasteiger partial charge in [-0.3, -0.25) is 0 Å². The topological polar surface area (TPSA) is 64.4 Å². The summed E-state index contributed by atoms with van der Waals surface area (Å²) in [4.78, 5) is 15.5. The molecule has 2 rings (SSSR count). The maximum absolute atomic E-state index is 11.4. The van der Waals surface area contributed by atoms with Crippen molar-refractivity contribution in [3.05, 3.63) is 35.2 Å². The Morgan fingerprint density at radius 2 is 2.53 bits per heavy atom. The lowest BCUT2D eigenvalue weighted by atomic mass is 10.4. The van der Waals surface area contributed by atoms with E-state index in [4.69, 9.17) is 9.15 Å². The van der Waals surface area contributed by atoms with E-state index in [1.54, 1.807) is 18.6 Å². The Hall–Kier alpha value is -1.82. The third-order valence-corrected chi connectivity index (χ3v) is 2.78. The van der Waals surface area contributed by atoms with Crippen molar-refractivity contribution >= 4 is 22.4 Å². The third kappa shape index (κ3) is 3.07. The molecule has 0 spiro atoms. The second-order valence-corrected chi connectivity index (χ2v) is 4.05. The molecule has 0 saturated carbocycles. The lowest BCUT2D eigenvalue weighted by Crippen LogP contribution is -2.05. The van der Waals surface area contributed by atoms with Crippen LogP contribution in [0.25, 0.3) is 0 Å². The van der Waals surface area contributed by atoms with Crippen LogP contribution in [0.4, 0.5) is 5.13 Å². The van der Waals surface area contributed by atoms with Gasteiger partial charge in [0, 0.05) is 5.38 Å². The van der Waals surface area contributed by atoms with Crippen LogP contribution in [-0.2, 0) is 11.3 Å². The van der Waals surface area contributed by atoms with Crippen LogP contribution >= 0.6 is 11.3 Å². The summed E-state index contributed by atoms with van der Waals surface area (Å²) in [7, 11) is 0. The summed E-state index contributed by atoms with van der Waals surface area (Å²) in [5, 5.41) is 5.41. The fourth-order valence-corrected chi connectivity index (χ4v) is 1.91. The Balaban J connectivity index is 1.92. The maximum Gasteiger partial charge on any atom is 0.357 e. The Morgan fingerprint density at radius 1 is 1.65 bits per heavy atom. The molecule has 0 atom stereocenters. The molecular formula is C11H12N2O3S. The molecular weight excluding hydrogens is 240 g/mol. The average Bonchev–Trinajstić information content (AvgIpc) is 2.98. The standard InChI is InChI=1S/C11H12N2O3S/c1-2-15-10(14)9-7-17-11(13-9)12-6-8-4-3-5-16-8/h3-5,7H,2,6H2,1H3,(H,12,13). The summed E-state index contributed by atoms with van der Waals surface area (Å²) in [5.41, 5.74) is 0.332. The minimum absolute atomic E-state index is 0.332. The Labute approximate surface area is 102 Å². The van der Waals surface area contributed by atoms with Crippen molar-refractivity contribution in [1.82, 2.24) is 4.98 Å². The van der Waals surface area contributed by atoms with E-state index < -0.39 is 5.97 Å². The quantitative estimate of drug-likeness (QED) is 0.828. The van der Waals surface area contributed by atoms with Crippen LogP contribution in [0.1, 0.15) is 23.2 Å². The van der Waals surface area contributed by atoms with E-state index in [0.29, 0.717) is 24.0 Å². The van der Waals surface area contributed by atoms with Crippen LogP contribution in [-0.4, -0.2) is 17.6 Å². The summed E-state index contributed by atoms with van der Waals surface area (Å²) in [5.74, 6) is 0.424. The molecule has 0 fully saturated rings. The van der Waals surface area contributed by atoms with Crippen molar-refractivity contribution in [1.29, 1.82) is 0 Å². The number of hydrogen-bond acceptors (Lipinski definition) is 6. The van der Waals surface area contributed by atoms with Crippen molar-refractivity contribution in [2.24, 2.45) is 0 Å². The number of hydrogen-bond donors (Lipinski definition) is 1. The zero-order valence-corrected chi connectivity index (χ0v) is 10.1. The van der Waals surface area contributed by atoms with Crippen LogP contribution in [0.5, 0.6) is 0 Å². The van der Waals surface area contributed by atoms with Crippen molar-refractivity contribution in [3.63, 3.8) is 0 Å². The van der Waals surface area contributed by atoms with Crippen LogP contribution in [0, 0.1) is 0 Å². The lowest BCUT2D eigenvalue weighted by molar-refractivity contribution is 0.0520. The Kier molecular flexibility index (Phi) is 3.77. The van der Waals surface area contributed by atoms with Crippen molar-refractivity contribution in [2.75, 3.05) is 11.9 Å². The highest BCUT2D eigenvalue weighted by Crippen LogP contribution is 2.17. The molecule has 2 heterocycles.